The van der Waals surface area contributed by atoms with Crippen LogP contribution in [0.5, 0.6) is 5.75 Å². The summed E-state index contributed by atoms with van der Waals surface area (Å²) in [6, 6.07) is 9.26. The molecule has 0 unspecified atom stereocenters. The van der Waals surface area contributed by atoms with Crippen molar-refractivity contribution in [1.29, 1.82) is 0 Å². The van der Waals surface area contributed by atoms with Crippen molar-refractivity contribution in [3.8, 4) is 5.75 Å². The molecule has 0 saturated heterocycles. The van der Waals surface area contributed by atoms with Crippen molar-refractivity contribution in [2.75, 3.05) is 0 Å². The van der Waals surface area contributed by atoms with Crippen LogP contribution >= 0.6 is 0 Å². The van der Waals surface area contributed by atoms with Gasteiger partial charge in [0.25, 0.3) is 0 Å². The standard InChI is InChI=1S/C6H5O.C3H8.Na/c7-6-4-2-1-3-5-6;1-3-2;/h2-5,7H;3H2,1-2H3;/q-1;;+1. The Labute approximate surface area is 90.7 Å². The summed E-state index contributed by atoms with van der Waals surface area (Å²) < 4.78 is 0. The van der Waals surface area contributed by atoms with Crippen LogP contribution in [0.3, 0.4) is 0 Å². The van der Waals surface area contributed by atoms with Crippen LogP contribution in [0.2, 0.25) is 0 Å². The van der Waals surface area contributed by atoms with Gasteiger partial charge in [-0.15, -0.1) is 12.1 Å². The van der Waals surface area contributed by atoms with E-state index in [1.165, 1.54) is 6.42 Å². The molecule has 0 radical (unpaired) electrons. The van der Waals surface area contributed by atoms with Crippen molar-refractivity contribution in [1.82, 2.24) is 0 Å². The third-order valence-corrected chi connectivity index (χ3v) is 0.701. The molecule has 0 saturated carbocycles. The minimum Gasteiger partial charge on any atom is -0.533 e. The molecular formula is C9H13NaO. The molecule has 1 nitrogen and oxygen atoms in total. The van der Waals surface area contributed by atoms with Crippen LogP contribution < -0.4 is 29.6 Å². The first-order valence-corrected chi connectivity index (χ1v) is 3.46. The van der Waals surface area contributed by atoms with E-state index in [4.69, 9.17) is 5.11 Å². The fourth-order valence-electron chi connectivity index (χ4n) is 0.378. The predicted molar refractivity (Wildman–Crippen MR) is 42.9 cm³/mol. The van der Waals surface area contributed by atoms with Gasteiger partial charge < -0.3 is 5.11 Å². The maximum atomic E-state index is 8.61. The third-order valence-electron chi connectivity index (χ3n) is 0.701. The van der Waals surface area contributed by atoms with Gasteiger partial charge in [-0.3, -0.25) is 0 Å². The summed E-state index contributed by atoms with van der Waals surface area (Å²) in [4.78, 5) is 0. The van der Waals surface area contributed by atoms with E-state index in [1.54, 1.807) is 24.3 Å². The summed E-state index contributed by atoms with van der Waals surface area (Å²) in [5.74, 6) is 0.291. The fourth-order valence-corrected chi connectivity index (χ4v) is 0.378. The molecule has 0 fully saturated rings. The minimum absolute atomic E-state index is 0. The monoisotopic (exact) mass is 160 g/mol. The topological polar surface area (TPSA) is 20.2 Å². The first-order chi connectivity index (χ1) is 4.81. The Balaban J connectivity index is 0. The van der Waals surface area contributed by atoms with E-state index >= 15 is 0 Å². The maximum absolute atomic E-state index is 8.61. The molecule has 0 spiro atoms. The van der Waals surface area contributed by atoms with Crippen LogP contribution in [0.15, 0.2) is 24.3 Å². The van der Waals surface area contributed by atoms with Gasteiger partial charge in [-0.2, -0.15) is 18.2 Å². The molecule has 0 aliphatic heterocycles. The van der Waals surface area contributed by atoms with E-state index in [9.17, 15) is 0 Å². The van der Waals surface area contributed by atoms with Crippen molar-refractivity contribution < 1.29 is 34.7 Å². The van der Waals surface area contributed by atoms with E-state index in [-0.39, 0.29) is 29.6 Å². The zero-order valence-corrected chi connectivity index (χ0v) is 9.46. The summed E-state index contributed by atoms with van der Waals surface area (Å²) >= 11 is 0. The predicted octanol–water partition coefficient (Wildman–Crippen LogP) is -0.387. The van der Waals surface area contributed by atoms with Gasteiger partial charge in [0, 0.05) is 5.75 Å². The zero-order chi connectivity index (χ0) is 7.82. The van der Waals surface area contributed by atoms with Gasteiger partial charge in [-0.05, 0) is 0 Å². The largest absolute Gasteiger partial charge is 1.00 e. The van der Waals surface area contributed by atoms with E-state index in [2.05, 4.69) is 19.9 Å². The second-order valence-electron chi connectivity index (χ2n) is 1.97. The summed E-state index contributed by atoms with van der Waals surface area (Å²) in [5, 5.41) is 8.61. The molecule has 56 valence electrons. The summed E-state index contributed by atoms with van der Waals surface area (Å²) in [6.07, 6.45) is 1.25. The number of phenolic OH excluding ortho intramolecular Hbond substituents is 1. The molecule has 0 atom stereocenters. The normalized spacial score (nSPS) is 7.09. The Morgan fingerprint density at radius 1 is 1.27 bits per heavy atom. The second kappa shape index (κ2) is 10.0. The van der Waals surface area contributed by atoms with Crippen LogP contribution in [-0.4, -0.2) is 5.11 Å². The van der Waals surface area contributed by atoms with Crippen molar-refractivity contribution in [2.24, 2.45) is 0 Å². The quantitative estimate of drug-likeness (QED) is 0.405. The van der Waals surface area contributed by atoms with Crippen molar-refractivity contribution in [3.05, 3.63) is 30.3 Å². The number of hydrogen-bond donors (Lipinski definition) is 1. The molecule has 11 heavy (non-hydrogen) atoms. The SMILES string of the molecule is CCC.Oc1cc[c-]cc1.[Na+]. The van der Waals surface area contributed by atoms with E-state index in [0.29, 0.717) is 5.75 Å². The first kappa shape index (κ1) is 13.6. The molecule has 0 aromatic heterocycles. The van der Waals surface area contributed by atoms with Crippen molar-refractivity contribution >= 4 is 0 Å². The molecule has 0 aliphatic rings. The average Bonchev–Trinajstić information content (AvgIpc) is 1.91. The number of rotatable bonds is 0. The Morgan fingerprint density at radius 3 is 1.82 bits per heavy atom. The van der Waals surface area contributed by atoms with Gasteiger partial charge in [0.05, 0.1) is 0 Å². The molecule has 2 heteroatoms. The molecular weight excluding hydrogens is 147 g/mol. The van der Waals surface area contributed by atoms with Gasteiger partial charge in [-0.1, -0.05) is 20.3 Å². The molecule has 0 aliphatic carbocycles. The van der Waals surface area contributed by atoms with Crippen LogP contribution in [0.1, 0.15) is 20.3 Å². The number of hydrogen-bond acceptors (Lipinski definition) is 1. The summed E-state index contributed by atoms with van der Waals surface area (Å²) in [6.45, 7) is 4.25. The minimum atomic E-state index is 0. The van der Waals surface area contributed by atoms with E-state index < -0.39 is 0 Å². The smallest absolute Gasteiger partial charge is 0.533 e. The summed E-state index contributed by atoms with van der Waals surface area (Å²) in [7, 11) is 0. The van der Waals surface area contributed by atoms with Crippen molar-refractivity contribution in [3.63, 3.8) is 0 Å². The van der Waals surface area contributed by atoms with Crippen molar-refractivity contribution in [2.45, 2.75) is 20.3 Å². The van der Waals surface area contributed by atoms with Crippen LogP contribution in [0.25, 0.3) is 0 Å². The average molecular weight is 160 g/mol. The van der Waals surface area contributed by atoms with Gasteiger partial charge in [0.1, 0.15) is 0 Å². The molecule has 0 amide bonds. The number of phenols is 1. The first-order valence-electron chi connectivity index (χ1n) is 3.46. The van der Waals surface area contributed by atoms with E-state index in [0.717, 1.165) is 0 Å². The number of aromatic hydroxyl groups is 1. The van der Waals surface area contributed by atoms with Crippen LogP contribution in [0.4, 0.5) is 0 Å². The fraction of sp³-hybridized carbons (Fsp3) is 0.333. The van der Waals surface area contributed by atoms with Gasteiger partial charge in [0.2, 0.25) is 0 Å². The van der Waals surface area contributed by atoms with Crippen LogP contribution in [0, 0.1) is 6.07 Å². The molecule has 0 heterocycles. The van der Waals surface area contributed by atoms with Crippen LogP contribution in [-0.2, 0) is 0 Å². The Bertz CT molecular complexity index is 151. The second-order valence-corrected chi connectivity index (χ2v) is 1.97. The molecule has 1 rings (SSSR count). The van der Waals surface area contributed by atoms with E-state index in [1.807, 2.05) is 0 Å². The molecule has 1 aromatic rings. The Morgan fingerprint density at radius 2 is 1.64 bits per heavy atom. The molecule has 1 N–H and O–H groups in total. The molecule has 0 bridgehead atoms. The Kier molecular flexibility index (Phi) is 12.4. The maximum Gasteiger partial charge on any atom is 1.00 e. The van der Waals surface area contributed by atoms with Gasteiger partial charge in [0.15, 0.2) is 0 Å². The Hall–Kier alpha value is 0.0200. The van der Waals surface area contributed by atoms with Gasteiger partial charge >= 0.3 is 29.6 Å². The zero-order valence-electron chi connectivity index (χ0n) is 7.46. The summed E-state index contributed by atoms with van der Waals surface area (Å²) in [5.41, 5.74) is 0. The third kappa shape index (κ3) is 10.0. The van der Waals surface area contributed by atoms with Gasteiger partial charge in [-0.25, -0.2) is 0 Å². The molecule has 1 aromatic carbocycles. The number of benzene rings is 1.